The zero-order valence-electron chi connectivity index (χ0n) is 7.46. The van der Waals surface area contributed by atoms with Crippen LogP contribution in [0, 0.1) is 0 Å². The minimum absolute atomic E-state index is 0.474. The molecule has 1 aliphatic heterocycles. The molecule has 1 aromatic rings. The lowest BCUT2D eigenvalue weighted by molar-refractivity contribution is 0.405. The second kappa shape index (κ2) is 4.20. The van der Waals surface area contributed by atoms with Crippen LogP contribution in [0.5, 0.6) is 0 Å². The Balaban J connectivity index is 2.10. The Labute approximate surface area is 86.9 Å². The summed E-state index contributed by atoms with van der Waals surface area (Å²) in [5, 5.41) is 3.48. The molecule has 0 spiro atoms. The molecule has 1 atom stereocenters. The lowest BCUT2D eigenvalue weighted by Gasteiger charge is -2.22. The van der Waals surface area contributed by atoms with Crippen LogP contribution in [-0.4, -0.2) is 11.5 Å². The van der Waals surface area contributed by atoms with E-state index in [1.807, 2.05) is 6.20 Å². The molecule has 1 aromatic heterocycles. The van der Waals surface area contributed by atoms with Crippen molar-refractivity contribution in [3.05, 3.63) is 28.5 Å². The largest absolute Gasteiger partial charge is 0.309 e. The van der Waals surface area contributed by atoms with Gasteiger partial charge in [0.25, 0.3) is 0 Å². The van der Waals surface area contributed by atoms with Crippen LogP contribution in [0.1, 0.15) is 31.0 Å². The Bertz CT molecular complexity index is 265. The molecule has 0 radical (unpaired) electrons. The molecule has 1 aliphatic rings. The molecule has 0 amide bonds. The first-order valence-corrected chi connectivity index (χ1v) is 5.50. The van der Waals surface area contributed by atoms with Crippen molar-refractivity contribution in [1.82, 2.24) is 10.3 Å². The lowest BCUT2D eigenvalue weighted by atomic mass is 10.0. The number of rotatable bonds is 1. The van der Waals surface area contributed by atoms with E-state index in [0.29, 0.717) is 6.04 Å². The second-order valence-corrected chi connectivity index (χ2v) is 4.32. The van der Waals surface area contributed by atoms with Crippen molar-refractivity contribution in [2.24, 2.45) is 0 Å². The van der Waals surface area contributed by atoms with Crippen molar-refractivity contribution >= 4 is 15.9 Å². The van der Waals surface area contributed by atoms with Gasteiger partial charge >= 0.3 is 0 Å². The monoisotopic (exact) mass is 240 g/mol. The van der Waals surface area contributed by atoms with E-state index in [-0.39, 0.29) is 0 Å². The molecule has 3 heteroatoms. The third-order valence-electron chi connectivity index (χ3n) is 2.42. The Hall–Kier alpha value is -0.410. The van der Waals surface area contributed by atoms with Crippen molar-refractivity contribution in [2.45, 2.75) is 25.3 Å². The smallest absolute Gasteiger partial charge is 0.0574 e. The normalized spacial score (nSPS) is 23.0. The fourth-order valence-corrected chi connectivity index (χ4v) is 1.93. The van der Waals surface area contributed by atoms with Crippen molar-refractivity contribution < 1.29 is 0 Å². The van der Waals surface area contributed by atoms with Crippen LogP contribution in [-0.2, 0) is 0 Å². The van der Waals surface area contributed by atoms with Crippen LogP contribution < -0.4 is 5.32 Å². The third kappa shape index (κ3) is 2.29. The van der Waals surface area contributed by atoms with E-state index < -0.39 is 0 Å². The van der Waals surface area contributed by atoms with E-state index >= 15 is 0 Å². The molecule has 1 fully saturated rings. The summed E-state index contributed by atoms with van der Waals surface area (Å²) >= 11 is 3.39. The summed E-state index contributed by atoms with van der Waals surface area (Å²) in [6.45, 7) is 1.13. The number of pyridine rings is 1. The van der Waals surface area contributed by atoms with Crippen LogP contribution in [0.4, 0.5) is 0 Å². The molecule has 2 nitrogen and oxygen atoms in total. The van der Waals surface area contributed by atoms with Gasteiger partial charge in [0.05, 0.1) is 5.69 Å². The maximum absolute atomic E-state index is 4.39. The van der Waals surface area contributed by atoms with Gasteiger partial charge in [-0.1, -0.05) is 6.42 Å². The molecule has 1 saturated heterocycles. The van der Waals surface area contributed by atoms with Crippen molar-refractivity contribution in [3.63, 3.8) is 0 Å². The average molecular weight is 241 g/mol. The number of hydrogen-bond acceptors (Lipinski definition) is 2. The van der Waals surface area contributed by atoms with Crippen LogP contribution in [0.3, 0.4) is 0 Å². The zero-order chi connectivity index (χ0) is 9.10. The van der Waals surface area contributed by atoms with Crippen molar-refractivity contribution in [2.75, 3.05) is 6.54 Å². The van der Waals surface area contributed by atoms with Gasteiger partial charge in [0.15, 0.2) is 0 Å². The van der Waals surface area contributed by atoms with E-state index in [1.165, 1.54) is 25.0 Å². The molecule has 2 rings (SSSR count). The molecule has 0 unspecified atom stereocenters. The maximum atomic E-state index is 4.39. The minimum atomic E-state index is 0.474. The maximum Gasteiger partial charge on any atom is 0.0574 e. The molecule has 0 aromatic carbocycles. The number of nitrogens with one attached hydrogen (secondary N) is 1. The summed E-state index contributed by atoms with van der Waals surface area (Å²) in [6, 6.07) is 4.62. The highest BCUT2D eigenvalue weighted by atomic mass is 79.9. The van der Waals surface area contributed by atoms with E-state index in [2.05, 4.69) is 38.4 Å². The van der Waals surface area contributed by atoms with Crippen molar-refractivity contribution in [1.29, 1.82) is 0 Å². The quantitative estimate of drug-likeness (QED) is 0.817. The molecular weight excluding hydrogens is 228 g/mol. The third-order valence-corrected chi connectivity index (χ3v) is 2.89. The zero-order valence-corrected chi connectivity index (χ0v) is 9.05. The van der Waals surface area contributed by atoms with E-state index in [1.54, 1.807) is 0 Å². The molecule has 0 bridgehead atoms. The fourth-order valence-electron chi connectivity index (χ4n) is 1.70. The van der Waals surface area contributed by atoms with E-state index in [4.69, 9.17) is 0 Å². The van der Waals surface area contributed by atoms with Crippen LogP contribution in [0.2, 0.25) is 0 Å². The highest BCUT2D eigenvalue weighted by Crippen LogP contribution is 2.21. The SMILES string of the molecule is Brc1ccc([C@@H]2CCCCN2)nc1. The van der Waals surface area contributed by atoms with Gasteiger partial charge in [-0.05, 0) is 47.4 Å². The summed E-state index contributed by atoms with van der Waals surface area (Å²) in [5.41, 5.74) is 1.17. The van der Waals surface area contributed by atoms with Gasteiger partial charge < -0.3 is 5.32 Å². The Morgan fingerprint density at radius 3 is 2.92 bits per heavy atom. The van der Waals surface area contributed by atoms with Gasteiger partial charge in [-0.15, -0.1) is 0 Å². The predicted octanol–water partition coefficient (Wildman–Crippen LogP) is 2.66. The topological polar surface area (TPSA) is 24.9 Å². The van der Waals surface area contributed by atoms with Crippen molar-refractivity contribution in [3.8, 4) is 0 Å². The summed E-state index contributed by atoms with van der Waals surface area (Å²) in [7, 11) is 0. The van der Waals surface area contributed by atoms with Gasteiger partial charge in [-0.2, -0.15) is 0 Å². The first-order chi connectivity index (χ1) is 6.36. The molecule has 1 N–H and O–H groups in total. The van der Waals surface area contributed by atoms with E-state index in [9.17, 15) is 0 Å². The fraction of sp³-hybridized carbons (Fsp3) is 0.500. The molecule has 13 heavy (non-hydrogen) atoms. The molecule has 70 valence electrons. The first-order valence-electron chi connectivity index (χ1n) is 4.71. The Morgan fingerprint density at radius 2 is 2.31 bits per heavy atom. The standard InChI is InChI=1S/C10H13BrN2/c11-8-4-5-10(13-7-8)9-3-1-2-6-12-9/h4-5,7,9,12H,1-3,6H2/t9-/m0/s1. The Morgan fingerprint density at radius 1 is 1.38 bits per heavy atom. The minimum Gasteiger partial charge on any atom is -0.309 e. The Kier molecular flexibility index (Phi) is 2.96. The average Bonchev–Trinajstić information content (AvgIpc) is 2.20. The number of hydrogen-bond donors (Lipinski definition) is 1. The number of nitrogens with zero attached hydrogens (tertiary/aromatic N) is 1. The highest BCUT2D eigenvalue weighted by Gasteiger charge is 2.14. The van der Waals surface area contributed by atoms with Crippen LogP contribution in [0.25, 0.3) is 0 Å². The highest BCUT2D eigenvalue weighted by molar-refractivity contribution is 9.10. The van der Waals surface area contributed by atoms with Gasteiger partial charge in [-0.25, -0.2) is 0 Å². The summed E-state index contributed by atoms with van der Waals surface area (Å²) in [6.07, 6.45) is 5.70. The van der Waals surface area contributed by atoms with Gasteiger partial charge in [-0.3, -0.25) is 4.98 Å². The van der Waals surface area contributed by atoms with Gasteiger partial charge in [0, 0.05) is 16.7 Å². The number of halogens is 1. The number of aromatic nitrogens is 1. The van der Waals surface area contributed by atoms with E-state index in [0.717, 1.165) is 11.0 Å². The van der Waals surface area contributed by atoms with Crippen LogP contribution >= 0.6 is 15.9 Å². The number of piperidine rings is 1. The molecule has 0 aliphatic carbocycles. The molecule has 0 saturated carbocycles. The first kappa shape index (κ1) is 9.16. The predicted molar refractivity (Wildman–Crippen MR) is 56.5 cm³/mol. The lowest BCUT2D eigenvalue weighted by Crippen LogP contribution is -2.27. The van der Waals surface area contributed by atoms with Gasteiger partial charge in [0.2, 0.25) is 0 Å². The van der Waals surface area contributed by atoms with Crippen LogP contribution in [0.15, 0.2) is 22.8 Å². The summed E-state index contributed by atoms with van der Waals surface area (Å²) in [5.74, 6) is 0. The summed E-state index contributed by atoms with van der Waals surface area (Å²) < 4.78 is 1.05. The molecule has 2 heterocycles. The summed E-state index contributed by atoms with van der Waals surface area (Å²) in [4.78, 5) is 4.39. The molecular formula is C10H13BrN2. The second-order valence-electron chi connectivity index (χ2n) is 3.40. The van der Waals surface area contributed by atoms with Gasteiger partial charge in [0.1, 0.15) is 0 Å².